The second kappa shape index (κ2) is 5.93. The van der Waals surface area contributed by atoms with E-state index in [1.54, 1.807) is 6.20 Å². The van der Waals surface area contributed by atoms with Crippen LogP contribution in [0.2, 0.25) is 5.28 Å². The normalized spacial score (nSPS) is 18.8. The van der Waals surface area contributed by atoms with Gasteiger partial charge in [0.1, 0.15) is 11.3 Å². The first-order valence-electron chi connectivity index (χ1n) is 7.30. The van der Waals surface area contributed by atoms with Crippen molar-refractivity contribution in [1.82, 2.24) is 19.9 Å². The van der Waals surface area contributed by atoms with E-state index in [4.69, 9.17) is 11.6 Å². The third-order valence-corrected chi connectivity index (χ3v) is 3.99. The van der Waals surface area contributed by atoms with Crippen LogP contribution < -0.4 is 5.32 Å². The van der Waals surface area contributed by atoms with Gasteiger partial charge in [-0.3, -0.25) is 4.79 Å². The van der Waals surface area contributed by atoms with E-state index in [0.29, 0.717) is 17.9 Å². The molecule has 1 atom stereocenters. The molecule has 0 aromatic carbocycles. The van der Waals surface area contributed by atoms with Crippen LogP contribution in [0.25, 0.3) is 11.0 Å². The van der Waals surface area contributed by atoms with Gasteiger partial charge in [-0.1, -0.05) is 25.2 Å². The van der Waals surface area contributed by atoms with Crippen molar-refractivity contribution < 1.29 is 4.79 Å². The van der Waals surface area contributed by atoms with Crippen LogP contribution in [0.4, 0.5) is 0 Å². The minimum absolute atomic E-state index is 0.00367. The highest BCUT2D eigenvalue weighted by atomic mass is 35.5. The Morgan fingerprint density at radius 3 is 3.14 bits per heavy atom. The molecular weight excluding hydrogens is 300 g/mol. The van der Waals surface area contributed by atoms with E-state index < -0.39 is 0 Å². The number of halogens is 1. The summed E-state index contributed by atoms with van der Waals surface area (Å²) in [4.78, 5) is 20.5. The average Bonchev–Trinajstić information content (AvgIpc) is 2.89. The molecule has 2 aromatic rings. The Balaban J connectivity index is 2.20. The summed E-state index contributed by atoms with van der Waals surface area (Å²) in [5.74, 6) is -0.0969. The van der Waals surface area contributed by atoms with Gasteiger partial charge in [0.15, 0.2) is 0 Å². The number of carbonyl (C=O) groups excluding carboxylic acids is 1. The summed E-state index contributed by atoms with van der Waals surface area (Å²) in [6, 6.07) is 1.81. The molecule has 0 spiro atoms. The lowest BCUT2D eigenvalue weighted by Crippen LogP contribution is -2.39. The quantitative estimate of drug-likeness (QED) is 0.698. The molecule has 1 N–H and O–H groups in total. The Labute approximate surface area is 133 Å². The Morgan fingerprint density at radius 1 is 1.59 bits per heavy atom. The first kappa shape index (κ1) is 14.8. The number of rotatable bonds is 3. The first-order valence-corrected chi connectivity index (χ1v) is 7.68. The van der Waals surface area contributed by atoms with E-state index in [-0.39, 0.29) is 17.2 Å². The van der Waals surface area contributed by atoms with Crippen molar-refractivity contribution in [2.75, 3.05) is 6.54 Å². The summed E-state index contributed by atoms with van der Waals surface area (Å²) in [6.45, 7) is 4.62. The third kappa shape index (κ3) is 2.41. The highest BCUT2D eigenvalue weighted by Gasteiger charge is 2.29. The van der Waals surface area contributed by atoms with Crippen molar-refractivity contribution in [3.63, 3.8) is 0 Å². The maximum Gasteiger partial charge on any atom is 0.268 e. The monoisotopic (exact) mass is 316 g/mol. The summed E-state index contributed by atoms with van der Waals surface area (Å²) in [5, 5.41) is 3.94. The van der Waals surface area contributed by atoms with Crippen LogP contribution in [-0.4, -0.2) is 27.0 Å². The highest BCUT2D eigenvalue weighted by molar-refractivity contribution is 6.28. The van der Waals surface area contributed by atoms with Crippen molar-refractivity contribution >= 4 is 28.5 Å². The second-order valence-electron chi connectivity index (χ2n) is 5.14. The van der Waals surface area contributed by atoms with Gasteiger partial charge >= 0.3 is 0 Å². The molecule has 1 amide bonds. The van der Waals surface area contributed by atoms with Gasteiger partial charge in [0.05, 0.1) is 6.04 Å². The van der Waals surface area contributed by atoms with Crippen molar-refractivity contribution in [3.8, 4) is 0 Å². The standard InChI is InChI=1S/C16H17ClN4O/c1-3-5-6-10(4-2)13-9-18-15(22)12-7-11-8-19-16(17)20-14(11)21(12)13/h4-8,13H,3,9H2,1-2H3,(H,18,22)/b6-5-,10-4+/t13-/m1/s1. The Kier molecular flexibility index (Phi) is 3.98. The molecule has 22 heavy (non-hydrogen) atoms. The predicted molar refractivity (Wildman–Crippen MR) is 87.1 cm³/mol. The fraction of sp³-hybridized carbons (Fsp3) is 0.312. The molecule has 2 aromatic heterocycles. The molecule has 5 nitrogen and oxygen atoms in total. The summed E-state index contributed by atoms with van der Waals surface area (Å²) < 4.78 is 1.96. The lowest BCUT2D eigenvalue weighted by atomic mass is 10.0. The summed E-state index contributed by atoms with van der Waals surface area (Å²) in [6.07, 6.45) is 8.88. The van der Waals surface area contributed by atoms with Gasteiger partial charge < -0.3 is 9.88 Å². The van der Waals surface area contributed by atoms with Crippen LogP contribution in [0, 0.1) is 0 Å². The van der Waals surface area contributed by atoms with E-state index >= 15 is 0 Å². The van der Waals surface area contributed by atoms with Crippen LogP contribution in [-0.2, 0) is 0 Å². The zero-order valence-corrected chi connectivity index (χ0v) is 13.3. The van der Waals surface area contributed by atoms with E-state index in [0.717, 1.165) is 17.4 Å². The van der Waals surface area contributed by atoms with E-state index in [1.165, 1.54) is 0 Å². The van der Waals surface area contributed by atoms with Gasteiger partial charge in [-0.25, -0.2) is 4.98 Å². The van der Waals surface area contributed by atoms with Crippen molar-refractivity contribution in [1.29, 1.82) is 0 Å². The van der Waals surface area contributed by atoms with Gasteiger partial charge in [0, 0.05) is 18.1 Å². The van der Waals surface area contributed by atoms with Crippen LogP contribution in [0.5, 0.6) is 0 Å². The predicted octanol–water partition coefficient (Wildman–Crippen LogP) is 3.28. The number of hydrogen-bond acceptors (Lipinski definition) is 3. The maximum atomic E-state index is 12.2. The van der Waals surface area contributed by atoms with Crippen LogP contribution >= 0.6 is 11.6 Å². The summed E-state index contributed by atoms with van der Waals surface area (Å²) in [7, 11) is 0. The molecule has 0 saturated heterocycles. The third-order valence-electron chi connectivity index (χ3n) is 3.81. The van der Waals surface area contributed by atoms with E-state index in [9.17, 15) is 4.79 Å². The molecule has 1 aliphatic heterocycles. The van der Waals surface area contributed by atoms with E-state index in [1.807, 2.05) is 17.6 Å². The Hall–Kier alpha value is -2.14. The van der Waals surface area contributed by atoms with Gasteiger partial charge in [-0.2, -0.15) is 4.98 Å². The number of nitrogens with one attached hydrogen (secondary N) is 1. The van der Waals surface area contributed by atoms with Crippen molar-refractivity contribution in [3.05, 3.63) is 47.0 Å². The van der Waals surface area contributed by atoms with Crippen molar-refractivity contribution in [2.45, 2.75) is 26.3 Å². The number of hydrogen-bond donors (Lipinski definition) is 1. The topological polar surface area (TPSA) is 59.8 Å². The summed E-state index contributed by atoms with van der Waals surface area (Å²) >= 11 is 5.93. The number of fused-ring (bicyclic) bond motifs is 3. The number of amides is 1. The molecule has 114 valence electrons. The van der Waals surface area contributed by atoms with Gasteiger partial charge in [0.25, 0.3) is 5.91 Å². The van der Waals surface area contributed by atoms with Gasteiger partial charge in [0.2, 0.25) is 5.28 Å². The molecule has 0 unspecified atom stereocenters. The Bertz CT molecular complexity index is 791. The minimum atomic E-state index is -0.0969. The number of allylic oxidation sites excluding steroid dienone is 3. The van der Waals surface area contributed by atoms with Gasteiger partial charge in [-0.15, -0.1) is 0 Å². The van der Waals surface area contributed by atoms with Crippen LogP contribution in [0.15, 0.2) is 36.1 Å². The lowest BCUT2D eigenvalue weighted by molar-refractivity contribution is 0.0922. The average molecular weight is 317 g/mol. The molecule has 3 rings (SSSR count). The van der Waals surface area contributed by atoms with E-state index in [2.05, 4.69) is 40.4 Å². The summed E-state index contributed by atoms with van der Waals surface area (Å²) in [5.41, 5.74) is 2.42. The first-order chi connectivity index (χ1) is 10.7. The molecule has 3 heterocycles. The molecule has 0 radical (unpaired) electrons. The van der Waals surface area contributed by atoms with Crippen LogP contribution in [0.1, 0.15) is 36.8 Å². The molecule has 0 bridgehead atoms. The number of carbonyl (C=O) groups is 1. The lowest BCUT2D eigenvalue weighted by Gasteiger charge is -2.28. The molecule has 6 heteroatoms. The molecular formula is C16H17ClN4O. The SMILES string of the molecule is C/C=C(\C=C/CC)[C@H]1CNC(=O)c2cc3cnc(Cl)nc3n21. The minimum Gasteiger partial charge on any atom is -0.348 e. The fourth-order valence-corrected chi connectivity index (χ4v) is 2.90. The highest BCUT2D eigenvalue weighted by Crippen LogP contribution is 2.30. The van der Waals surface area contributed by atoms with Gasteiger partial charge in [-0.05, 0) is 36.6 Å². The van der Waals surface area contributed by atoms with Crippen LogP contribution in [0.3, 0.4) is 0 Å². The maximum absolute atomic E-state index is 12.2. The molecule has 0 saturated carbocycles. The smallest absolute Gasteiger partial charge is 0.268 e. The number of aromatic nitrogens is 3. The largest absolute Gasteiger partial charge is 0.348 e. The zero-order valence-electron chi connectivity index (χ0n) is 12.5. The second-order valence-corrected chi connectivity index (χ2v) is 5.48. The molecule has 1 aliphatic rings. The Morgan fingerprint density at radius 2 is 2.41 bits per heavy atom. The fourth-order valence-electron chi connectivity index (χ4n) is 2.77. The van der Waals surface area contributed by atoms with Crippen molar-refractivity contribution in [2.24, 2.45) is 0 Å². The molecule has 0 aliphatic carbocycles. The number of nitrogens with zero attached hydrogens (tertiary/aromatic N) is 3. The molecule has 0 fully saturated rings. The zero-order chi connectivity index (χ0) is 15.7.